The molecule has 10 heteroatoms. The molecular weight excluding hydrogens is 499 g/mol. The van der Waals surface area contributed by atoms with Crippen LogP contribution in [0.2, 0.25) is 0 Å². The van der Waals surface area contributed by atoms with Gasteiger partial charge in [-0.05, 0) is 60.2 Å². The Hall–Kier alpha value is -4.47. The molecule has 0 spiro atoms. The van der Waals surface area contributed by atoms with Crippen LogP contribution in [0, 0.1) is 5.92 Å². The molecular formula is C28H22F3N3O4. The molecule has 38 heavy (non-hydrogen) atoms. The highest BCUT2D eigenvalue weighted by Crippen LogP contribution is 2.47. The summed E-state index contributed by atoms with van der Waals surface area (Å²) in [6.07, 6.45) is -1.36. The fourth-order valence-corrected chi connectivity index (χ4v) is 4.47. The maximum Gasteiger partial charge on any atom is 0.408 e. The Balaban J connectivity index is 1.53. The summed E-state index contributed by atoms with van der Waals surface area (Å²) in [6, 6.07) is 15.6. The summed E-state index contributed by atoms with van der Waals surface area (Å²) < 4.78 is 40.6. The third kappa shape index (κ3) is 4.77. The Morgan fingerprint density at radius 1 is 1.08 bits per heavy atom. The molecule has 0 radical (unpaired) electrons. The summed E-state index contributed by atoms with van der Waals surface area (Å²) in [4.78, 5) is 41.2. The number of nitrogens with zero attached hydrogens (tertiary/aromatic N) is 2. The normalized spacial score (nSPS) is 17.7. The number of carbonyl (C=O) groups excluding carboxylic acids is 1. The Labute approximate surface area is 214 Å². The van der Waals surface area contributed by atoms with E-state index in [4.69, 9.17) is 0 Å². The van der Waals surface area contributed by atoms with Gasteiger partial charge < -0.3 is 15.0 Å². The number of rotatable bonds is 6. The fraction of sp³-hybridized carbons (Fsp3) is 0.214. The molecule has 1 aliphatic rings. The fourth-order valence-electron chi connectivity index (χ4n) is 4.47. The number of hydrogen-bond donors (Lipinski definition) is 2. The molecule has 5 rings (SSSR count). The number of carbonyl (C=O) groups is 2. The van der Waals surface area contributed by atoms with E-state index >= 15 is 0 Å². The monoisotopic (exact) mass is 521 g/mol. The summed E-state index contributed by atoms with van der Waals surface area (Å²) in [5, 5.41) is 11.1. The predicted molar refractivity (Wildman–Crippen MR) is 134 cm³/mol. The molecule has 2 N–H and O–H groups in total. The molecule has 0 bridgehead atoms. The van der Waals surface area contributed by atoms with Crippen LogP contribution < -0.4 is 10.7 Å². The zero-order valence-electron chi connectivity index (χ0n) is 20.1. The molecule has 194 valence electrons. The lowest BCUT2D eigenvalue weighted by Gasteiger charge is -2.18. The number of halogens is 3. The van der Waals surface area contributed by atoms with Gasteiger partial charge in [-0.25, -0.2) is 4.98 Å². The van der Waals surface area contributed by atoms with Gasteiger partial charge in [0, 0.05) is 18.1 Å². The summed E-state index contributed by atoms with van der Waals surface area (Å²) in [5.41, 5.74) is 2.26. The van der Waals surface area contributed by atoms with Crippen molar-refractivity contribution in [3.05, 3.63) is 94.4 Å². The number of aromatic nitrogens is 2. The van der Waals surface area contributed by atoms with E-state index in [0.29, 0.717) is 12.1 Å². The molecule has 0 saturated heterocycles. The van der Waals surface area contributed by atoms with E-state index in [9.17, 15) is 32.7 Å². The third-order valence-electron chi connectivity index (χ3n) is 6.75. The van der Waals surface area contributed by atoms with Crippen LogP contribution >= 0.6 is 0 Å². The van der Waals surface area contributed by atoms with Crippen LogP contribution in [0.1, 0.15) is 35.2 Å². The van der Waals surface area contributed by atoms with Crippen LogP contribution in [-0.2, 0) is 4.79 Å². The smallest absolute Gasteiger partial charge is 0.408 e. The average molecular weight is 521 g/mol. The van der Waals surface area contributed by atoms with Gasteiger partial charge in [-0.15, -0.1) is 0 Å². The van der Waals surface area contributed by atoms with Crippen molar-refractivity contribution in [3.8, 4) is 16.8 Å². The highest BCUT2D eigenvalue weighted by molar-refractivity contribution is 5.97. The highest BCUT2D eigenvalue weighted by Gasteiger charge is 2.44. The van der Waals surface area contributed by atoms with Crippen molar-refractivity contribution in [2.75, 3.05) is 0 Å². The van der Waals surface area contributed by atoms with Crippen LogP contribution in [0.3, 0.4) is 0 Å². The van der Waals surface area contributed by atoms with Crippen LogP contribution in [0.5, 0.6) is 0 Å². The second kappa shape index (κ2) is 9.44. The second-order valence-corrected chi connectivity index (χ2v) is 9.31. The van der Waals surface area contributed by atoms with Crippen LogP contribution in [0.4, 0.5) is 13.2 Å². The molecule has 1 aliphatic carbocycles. The molecule has 2 aromatic heterocycles. The predicted octanol–water partition coefficient (Wildman–Crippen LogP) is 4.92. The Morgan fingerprint density at radius 3 is 2.47 bits per heavy atom. The molecule has 2 aromatic carbocycles. The lowest BCUT2D eigenvalue weighted by Crippen LogP contribution is -2.44. The van der Waals surface area contributed by atoms with Gasteiger partial charge in [0.1, 0.15) is 17.3 Å². The van der Waals surface area contributed by atoms with Crippen molar-refractivity contribution in [1.82, 2.24) is 14.9 Å². The number of amides is 1. The van der Waals surface area contributed by atoms with E-state index in [1.54, 1.807) is 12.1 Å². The number of alkyl halides is 3. The van der Waals surface area contributed by atoms with E-state index in [1.807, 2.05) is 41.7 Å². The summed E-state index contributed by atoms with van der Waals surface area (Å²) in [6.45, 7) is 0.804. The zero-order chi connectivity index (χ0) is 27.2. The molecule has 0 aliphatic heterocycles. The summed E-state index contributed by atoms with van der Waals surface area (Å²) in [7, 11) is 0. The number of benzene rings is 2. The molecule has 1 unspecified atom stereocenters. The first-order valence-electron chi connectivity index (χ1n) is 11.9. The van der Waals surface area contributed by atoms with E-state index in [1.165, 1.54) is 29.1 Å². The van der Waals surface area contributed by atoms with Gasteiger partial charge in [-0.2, -0.15) is 13.2 Å². The van der Waals surface area contributed by atoms with Gasteiger partial charge in [0.25, 0.3) is 5.91 Å². The van der Waals surface area contributed by atoms with E-state index in [2.05, 4.69) is 4.98 Å². The maximum absolute atomic E-state index is 13.0. The van der Waals surface area contributed by atoms with Gasteiger partial charge >= 0.3 is 12.1 Å². The summed E-state index contributed by atoms with van der Waals surface area (Å²) in [5.74, 6) is -2.27. The quantitative estimate of drug-likeness (QED) is 0.375. The highest BCUT2D eigenvalue weighted by atomic mass is 19.4. The average Bonchev–Trinajstić information content (AvgIpc) is 3.70. The first-order valence-corrected chi connectivity index (χ1v) is 11.9. The molecule has 4 aromatic rings. The number of pyridine rings is 2. The second-order valence-electron chi connectivity index (χ2n) is 9.31. The first kappa shape index (κ1) is 25.2. The lowest BCUT2D eigenvalue weighted by molar-refractivity contribution is -0.149. The van der Waals surface area contributed by atoms with Gasteiger partial charge in [-0.1, -0.05) is 36.4 Å². The number of fused-ring (bicyclic) bond motifs is 1. The van der Waals surface area contributed by atoms with Crippen LogP contribution in [0.15, 0.2) is 77.9 Å². The summed E-state index contributed by atoms with van der Waals surface area (Å²) >= 11 is 0. The number of aliphatic carboxylic acids is 1. The molecule has 2 heterocycles. The van der Waals surface area contributed by atoms with E-state index in [0.717, 1.165) is 23.6 Å². The van der Waals surface area contributed by atoms with E-state index in [-0.39, 0.29) is 22.9 Å². The minimum atomic E-state index is -4.66. The Kier molecular flexibility index (Phi) is 6.26. The van der Waals surface area contributed by atoms with Gasteiger partial charge in [-0.3, -0.25) is 14.4 Å². The minimum absolute atomic E-state index is 0.0103. The Morgan fingerprint density at radius 2 is 1.82 bits per heavy atom. The topological polar surface area (TPSA) is 101 Å². The van der Waals surface area contributed by atoms with Crippen molar-refractivity contribution in [3.63, 3.8) is 0 Å². The molecule has 1 saturated carbocycles. The van der Waals surface area contributed by atoms with Gasteiger partial charge in [0.05, 0.1) is 11.3 Å². The SMILES string of the molecule is CC(NC(=O)c1cn(-c2cccc(-c3ccc([C@@H]4C[C@H]4C(=O)O)cc3)c2)c2ncccc2c1=O)C(F)(F)F. The van der Waals surface area contributed by atoms with Crippen molar-refractivity contribution in [2.45, 2.75) is 31.5 Å². The van der Waals surface area contributed by atoms with Gasteiger partial charge in [0.15, 0.2) is 0 Å². The third-order valence-corrected chi connectivity index (χ3v) is 6.75. The molecule has 3 atom stereocenters. The van der Waals surface area contributed by atoms with Crippen molar-refractivity contribution >= 4 is 22.9 Å². The number of hydrogen-bond acceptors (Lipinski definition) is 4. The maximum atomic E-state index is 13.0. The van der Waals surface area contributed by atoms with Crippen LogP contribution in [-0.4, -0.2) is 38.8 Å². The van der Waals surface area contributed by atoms with Crippen molar-refractivity contribution < 1.29 is 27.9 Å². The molecule has 7 nitrogen and oxygen atoms in total. The van der Waals surface area contributed by atoms with Crippen molar-refractivity contribution in [2.24, 2.45) is 5.92 Å². The van der Waals surface area contributed by atoms with Gasteiger partial charge in [0.2, 0.25) is 5.43 Å². The number of nitrogens with one attached hydrogen (secondary N) is 1. The first-order chi connectivity index (χ1) is 18.0. The van der Waals surface area contributed by atoms with Crippen LogP contribution in [0.25, 0.3) is 27.8 Å². The Bertz CT molecular complexity index is 1610. The molecule has 1 amide bonds. The zero-order valence-corrected chi connectivity index (χ0v) is 20.1. The largest absolute Gasteiger partial charge is 0.481 e. The lowest BCUT2D eigenvalue weighted by atomic mass is 10.0. The number of carboxylic acids is 1. The number of carboxylic acid groups (broad SMARTS) is 1. The standard InChI is InChI=1S/C28H22F3N3O4/c1-15(28(29,30)31)33-26(36)23-14-34(25-20(24(23)35)6-3-11-32-25)19-5-2-4-18(12-19)16-7-9-17(10-8-16)21-13-22(21)27(37)38/h2-12,14-15,21-22H,13H2,1H3,(H,33,36)(H,37,38)/t15?,21-,22+/m0/s1. The van der Waals surface area contributed by atoms with Crippen molar-refractivity contribution in [1.29, 1.82) is 0 Å². The van der Waals surface area contributed by atoms with E-state index < -0.39 is 35.1 Å². The minimum Gasteiger partial charge on any atom is -0.481 e. The molecule has 1 fully saturated rings.